The molecular weight excluding hydrogens is 358 g/mol. The van der Waals surface area contributed by atoms with Crippen LogP contribution in [0.5, 0.6) is 5.75 Å². The van der Waals surface area contributed by atoms with Gasteiger partial charge in [0.25, 0.3) is 5.91 Å². The first-order valence-electron chi connectivity index (χ1n) is 10.1. The Morgan fingerprint density at radius 3 is 2.85 bits per heavy atom. The Morgan fingerprint density at radius 1 is 1.26 bits per heavy atom. The summed E-state index contributed by atoms with van der Waals surface area (Å²) in [6.07, 6.45) is 4.95. The van der Waals surface area contributed by atoms with Gasteiger partial charge in [-0.1, -0.05) is 6.07 Å². The van der Waals surface area contributed by atoms with Gasteiger partial charge in [0.2, 0.25) is 0 Å². The van der Waals surface area contributed by atoms with Crippen LogP contribution in [-0.4, -0.2) is 55.7 Å². The van der Waals surface area contributed by atoms with E-state index in [1.807, 2.05) is 6.07 Å². The molecule has 1 N–H and O–H groups in total. The van der Waals surface area contributed by atoms with Crippen molar-refractivity contribution in [3.8, 4) is 5.75 Å². The van der Waals surface area contributed by atoms with Crippen LogP contribution in [-0.2, 0) is 0 Å². The molecule has 2 aromatic rings. The number of hydrogen-bond donors (Lipinski definition) is 1. The number of carbonyl (C=O) groups is 1. The minimum Gasteiger partial charge on any atom is -0.488 e. The fraction of sp³-hybridized carbons (Fsp3) is 0.571. The van der Waals surface area contributed by atoms with Crippen molar-refractivity contribution in [1.29, 1.82) is 0 Å². The Labute approximate surface area is 163 Å². The fourth-order valence-electron chi connectivity index (χ4n) is 5.56. The van der Waals surface area contributed by atoms with Gasteiger partial charge in [-0.2, -0.15) is 0 Å². The third-order valence-corrected chi connectivity index (χ3v) is 8.35. The molecule has 2 bridgehead atoms. The lowest BCUT2D eigenvalue weighted by atomic mass is 9.77. The molecular formula is C21H25N3O2S. The topological polar surface area (TPSA) is 44.8 Å². The second-order valence-electron chi connectivity index (χ2n) is 8.59. The average molecular weight is 384 g/mol. The molecule has 5 heterocycles. The van der Waals surface area contributed by atoms with Crippen LogP contribution in [0.15, 0.2) is 18.2 Å². The quantitative estimate of drug-likeness (QED) is 0.866. The normalized spacial score (nSPS) is 30.3. The van der Waals surface area contributed by atoms with E-state index < -0.39 is 0 Å². The van der Waals surface area contributed by atoms with E-state index in [0.29, 0.717) is 18.6 Å². The number of nitrogens with one attached hydrogen (secondary N) is 1. The summed E-state index contributed by atoms with van der Waals surface area (Å²) in [5.74, 6) is 1.69. The lowest BCUT2D eigenvalue weighted by Gasteiger charge is -2.52. The molecule has 1 spiro atoms. The zero-order valence-electron chi connectivity index (χ0n) is 15.7. The number of anilines is 1. The molecule has 1 aliphatic carbocycles. The molecule has 6 heteroatoms. The van der Waals surface area contributed by atoms with Crippen LogP contribution in [0.25, 0.3) is 10.1 Å². The highest BCUT2D eigenvalue weighted by Crippen LogP contribution is 2.54. The van der Waals surface area contributed by atoms with Crippen LogP contribution in [0.2, 0.25) is 0 Å². The van der Waals surface area contributed by atoms with E-state index in [2.05, 4.69) is 34.3 Å². The van der Waals surface area contributed by atoms with Gasteiger partial charge < -0.3 is 15.0 Å². The number of ether oxygens (including phenoxy) is 1. The Hall–Kier alpha value is -1.79. The number of fused-ring (bicyclic) bond motifs is 5. The van der Waals surface area contributed by atoms with Gasteiger partial charge in [-0.25, -0.2) is 0 Å². The van der Waals surface area contributed by atoms with E-state index in [9.17, 15) is 4.79 Å². The van der Waals surface area contributed by atoms with Gasteiger partial charge in [-0.05, 0) is 62.2 Å². The molecule has 0 radical (unpaired) electrons. The molecule has 4 aliphatic heterocycles. The molecule has 1 atom stereocenters. The molecule has 4 fully saturated rings. The molecule has 1 aromatic carbocycles. The van der Waals surface area contributed by atoms with Crippen molar-refractivity contribution in [1.82, 2.24) is 10.2 Å². The van der Waals surface area contributed by atoms with Crippen molar-refractivity contribution in [2.75, 3.05) is 38.2 Å². The second kappa shape index (κ2) is 5.61. The number of piperidine rings is 3. The highest BCUT2D eigenvalue weighted by molar-refractivity contribution is 7.21. The van der Waals surface area contributed by atoms with Gasteiger partial charge in [0.1, 0.15) is 6.61 Å². The highest BCUT2D eigenvalue weighted by Gasteiger charge is 2.60. The Bertz CT molecular complexity index is 927. The van der Waals surface area contributed by atoms with Crippen molar-refractivity contribution < 1.29 is 9.53 Å². The smallest absolute Gasteiger partial charge is 0.261 e. The van der Waals surface area contributed by atoms with E-state index in [0.717, 1.165) is 32.9 Å². The van der Waals surface area contributed by atoms with E-state index in [1.165, 1.54) is 38.8 Å². The van der Waals surface area contributed by atoms with Gasteiger partial charge in [0, 0.05) is 12.6 Å². The van der Waals surface area contributed by atoms with Crippen molar-refractivity contribution in [3.05, 3.63) is 23.1 Å². The van der Waals surface area contributed by atoms with Gasteiger partial charge >= 0.3 is 0 Å². The summed E-state index contributed by atoms with van der Waals surface area (Å²) in [5, 5.41) is 4.55. The first-order valence-corrected chi connectivity index (χ1v) is 10.9. The van der Waals surface area contributed by atoms with E-state index in [4.69, 9.17) is 4.74 Å². The minimum absolute atomic E-state index is 0.0964. The zero-order valence-corrected chi connectivity index (χ0v) is 16.5. The molecule has 1 aromatic heterocycles. The van der Waals surface area contributed by atoms with Gasteiger partial charge in [-0.15, -0.1) is 11.3 Å². The van der Waals surface area contributed by atoms with Crippen molar-refractivity contribution in [2.45, 2.75) is 37.3 Å². The maximum absolute atomic E-state index is 13.1. The van der Waals surface area contributed by atoms with Crippen molar-refractivity contribution in [3.63, 3.8) is 0 Å². The predicted octanol–water partition coefficient (Wildman–Crippen LogP) is 3.09. The van der Waals surface area contributed by atoms with Gasteiger partial charge in [0.15, 0.2) is 5.75 Å². The van der Waals surface area contributed by atoms with E-state index in [-0.39, 0.29) is 11.4 Å². The molecule has 142 valence electrons. The van der Waals surface area contributed by atoms with Gasteiger partial charge in [0.05, 0.1) is 27.9 Å². The molecule has 5 nitrogen and oxygen atoms in total. The highest BCUT2D eigenvalue weighted by atomic mass is 32.1. The number of amides is 1. The third-order valence-electron chi connectivity index (χ3n) is 7.20. The summed E-state index contributed by atoms with van der Waals surface area (Å²) in [7, 11) is 2.09. The summed E-state index contributed by atoms with van der Waals surface area (Å²) >= 11 is 1.57. The van der Waals surface area contributed by atoms with Crippen LogP contribution < -0.4 is 15.0 Å². The van der Waals surface area contributed by atoms with Gasteiger partial charge in [-0.3, -0.25) is 9.69 Å². The molecule has 7 rings (SSSR count). The first kappa shape index (κ1) is 16.2. The standard InChI is InChI=1S/C21H25N3O2S/c1-23-10-11-26-17-15(23)3-2-14-12-16(27-18(14)17)20(25)22-19-13-4-8-24(9-5-13)21(19)6-7-21/h2-3,12-13,19H,4-11H2,1H3,(H,22,25)/t19-/m0/s1. The number of nitrogens with zero attached hydrogens (tertiary/aromatic N) is 2. The molecule has 0 unspecified atom stereocenters. The zero-order chi connectivity index (χ0) is 18.2. The third kappa shape index (κ3) is 2.29. The number of benzene rings is 1. The second-order valence-corrected chi connectivity index (χ2v) is 9.64. The van der Waals surface area contributed by atoms with Crippen LogP contribution in [0.3, 0.4) is 0 Å². The summed E-state index contributed by atoms with van der Waals surface area (Å²) < 4.78 is 7.06. The number of thiophene rings is 1. The lowest BCUT2D eigenvalue weighted by molar-refractivity contribution is -0.00138. The lowest BCUT2D eigenvalue weighted by Crippen LogP contribution is -2.65. The Balaban J connectivity index is 1.31. The first-order chi connectivity index (χ1) is 13.2. The molecule has 3 saturated heterocycles. The number of likely N-dealkylation sites (N-methyl/N-ethyl adjacent to an activating group) is 1. The van der Waals surface area contributed by atoms with E-state index >= 15 is 0 Å². The number of hydrogen-bond acceptors (Lipinski definition) is 5. The summed E-state index contributed by atoms with van der Waals surface area (Å²) in [5.41, 5.74) is 1.40. The summed E-state index contributed by atoms with van der Waals surface area (Å²) in [4.78, 5) is 18.8. The number of rotatable bonds is 2. The maximum atomic E-state index is 13.1. The van der Waals surface area contributed by atoms with Crippen LogP contribution >= 0.6 is 11.3 Å². The van der Waals surface area contributed by atoms with Crippen molar-refractivity contribution in [2.24, 2.45) is 5.92 Å². The predicted molar refractivity (Wildman–Crippen MR) is 108 cm³/mol. The summed E-state index contributed by atoms with van der Waals surface area (Å²) in [6.45, 7) is 4.04. The average Bonchev–Trinajstić information content (AvgIpc) is 3.33. The van der Waals surface area contributed by atoms with Crippen LogP contribution in [0.4, 0.5) is 5.69 Å². The monoisotopic (exact) mass is 383 g/mol. The fourth-order valence-corrected chi connectivity index (χ4v) is 6.62. The Morgan fingerprint density at radius 2 is 2.07 bits per heavy atom. The molecule has 1 amide bonds. The van der Waals surface area contributed by atoms with Crippen LogP contribution in [0.1, 0.15) is 35.4 Å². The van der Waals surface area contributed by atoms with E-state index in [1.54, 1.807) is 11.3 Å². The molecule has 5 aliphatic rings. The maximum Gasteiger partial charge on any atom is 0.261 e. The van der Waals surface area contributed by atoms with Crippen molar-refractivity contribution >= 4 is 33.0 Å². The largest absolute Gasteiger partial charge is 0.488 e. The van der Waals surface area contributed by atoms with Crippen LogP contribution in [0, 0.1) is 5.92 Å². The Kier molecular flexibility index (Phi) is 3.36. The minimum atomic E-state index is 0.0964. The molecule has 1 saturated carbocycles. The number of carbonyl (C=O) groups excluding carboxylic acids is 1. The molecule has 27 heavy (non-hydrogen) atoms. The SMILES string of the molecule is CN1CCOc2c1ccc1cc(C(=O)N[C@H]3C4CCN(CC4)C34CC4)sc21. The summed E-state index contributed by atoms with van der Waals surface area (Å²) in [6, 6.07) is 6.59.